The van der Waals surface area contributed by atoms with Gasteiger partial charge < -0.3 is 5.32 Å². The van der Waals surface area contributed by atoms with Crippen molar-refractivity contribution >= 4 is 43.2 Å². The molecule has 0 unspecified atom stereocenters. The van der Waals surface area contributed by atoms with Gasteiger partial charge in [0, 0.05) is 29.9 Å². The molecule has 0 radical (unpaired) electrons. The molecule has 1 N–H and O–H groups in total. The first-order chi connectivity index (χ1) is 18.3. The SMILES string of the molecule is CCN(Cc1ccccc1)S(=O)(=O)c1ccc(C(=O)Nc2ccc(-c3nc4ccc(C)cc4s3)cc2)cc1. The maximum absolute atomic E-state index is 13.2. The van der Waals surface area contributed by atoms with Crippen LogP contribution in [0.3, 0.4) is 0 Å². The number of thiazole rings is 1. The Kier molecular flexibility index (Phi) is 7.37. The zero-order valence-corrected chi connectivity index (χ0v) is 22.7. The molecule has 0 spiro atoms. The van der Waals surface area contributed by atoms with Crippen molar-refractivity contribution in [2.24, 2.45) is 0 Å². The highest BCUT2D eigenvalue weighted by Crippen LogP contribution is 2.31. The van der Waals surface area contributed by atoms with Gasteiger partial charge in [-0.2, -0.15) is 4.31 Å². The number of nitrogens with one attached hydrogen (secondary N) is 1. The van der Waals surface area contributed by atoms with E-state index in [0.717, 1.165) is 26.4 Å². The van der Waals surface area contributed by atoms with E-state index in [9.17, 15) is 13.2 Å². The fourth-order valence-corrected chi connectivity index (χ4v) is 6.64. The molecule has 0 aliphatic heterocycles. The second-order valence-corrected chi connectivity index (χ2v) is 11.9. The number of sulfonamides is 1. The maximum Gasteiger partial charge on any atom is 0.255 e. The standard InChI is InChI=1S/C30H27N3O3S2/c1-3-33(20-22-7-5-4-6-8-22)38(35,36)26-16-12-23(13-17-26)29(34)31-25-14-10-24(11-15-25)30-32-27-18-9-21(2)19-28(27)37-30/h4-19H,3,20H2,1-2H3,(H,31,34). The molecule has 4 aromatic carbocycles. The van der Waals surface area contributed by atoms with Crippen LogP contribution in [-0.2, 0) is 16.6 Å². The third-order valence-corrected chi connectivity index (χ3v) is 9.24. The summed E-state index contributed by atoms with van der Waals surface area (Å²) in [7, 11) is -3.70. The van der Waals surface area contributed by atoms with E-state index in [2.05, 4.69) is 24.4 Å². The maximum atomic E-state index is 13.2. The van der Waals surface area contributed by atoms with Crippen LogP contribution in [0.5, 0.6) is 0 Å². The third-order valence-electron chi connectivity index (χ3n) is 6.24. The van der Waals surface area contributed by atoms with Gasteiger partial charge in [-0.05, 0) is 78.7 Å². The van der Waals surface area contributed by atoms with Crippen molar-refractivity contribution in [2.75, 3.05) is 11.9 Å². The van der Waals surface area contributed by atoms with Crippen molar-refractivity contribution in [3.63, 3.8) is 0 Å². The van der Waals surface area contributed by atoms with Crippen LogP contribution in [-0.4, -0.2) is 30.2 Å². The quantitative estimate of drug-likeness (QED) is 0.236. The lowest BCUT2D eigenvalue weighted by atomic mass is 10.2. The van der Waals surface area contributed by atoms with Crippen LogP contribution in [0.25, 0.3) is 20.8 Å². The van der Waals surface area contributed by atoms with Gasteiger partial charge in [0.15, 0.2) is 0 Å². The van der Waals surface area contributed by atoms with Gasteiger partial charge in [-0.1, -0.05) is 43.3 Å². The monoisotopic (exact) mass is 541 g/mol. The molecule has 1 amide bonds. The highest BCUT2D eigenvalue weighted by atomic mass is 32.2. The van der Waals surface area contributed by atoms with Crippen molar-refractivity contribution in [3.05, 3.63) is 114 Å². The van der Waals surface area contributed by atoms with E-state index in [1.54, 1.807) is 11.3 Å². The molecule has 0 saturated heterocycles. The number of anilines is 1. The summed E-state index contributed by atoms with van der Waals surface area (Å²) in [5.41, 5.74) is 5.09. The van der Waals surface area contributed by atoms with E-state index in [-0.39, 0.29) is 17.3 Å². The Morgan fingerprint density at radius 3 is 2.32 bits per heavy atom. The molecule has 0 bridgehead atoms. The Balaban J connectivity index is 1.26. The number of carbonyl (C=O) groups excluding carboxylic acids is 1. The number of nitrogens with zero attached hydrogens (tertiary/aromatic N) is 2. The van der Waals surface area contributed by atoms with Crippen LogP contribution in [0.1, 0.15) is 28.4 Å². The minimum absolute atomic E-state index is 0.155. The zero-order valence-electron chi connectivity index (χ0n) is 21.1. The largest absolute Gasteiger partial charge is 0.322 e. The molecule has 5 rings (SSSR count). The first-order valence-electron chi connectivity index (χ1n) is 12.3. The number of aromatic nitrogens is 1. The second-order valence-electron chi connectivity index (χ2n) is 8.96. The number of hydrogen-bond acceptors (Lipinski definition) is 5. The van der Waals surface area contributed by atoms with Crippen LogP contribution >= 0.6 is 11.3 Å². The van der Waals surface area contributed by atoms with Gasteiger partial charge in [-0.25, -0.2) is 13.4 Å². The lowest BCUT2D eigenvalue weighted by Crippen LogP contribution is -2.30. The summed E-state index contributed by atoms with van der Waals surface area (Å²) in [4.78, 5) is 17.7. The van der Waals surface area contributed by atoms with Gasteiger partial charge in [-0.3, -0.25) is 4.79 Å². The van der Waals surface area contributed by atoms with E-state index in [1.807, 2.05) is 67.6 Å². The van der Waals surface area contributed by atoms with E-state index < -0.39 is 10.0 Å². The molecular formula is C30H27N3O3S2. The van der Waals surface area contributed by atoms with Crippen molar-refractivity contribution < 1.29 is 13.2 Å². The van der Waals surface area contributed by atoms with Crippen molar-refractivity contribution in [1.29, 1.82) is 0 Å². The topological polar surface area (TPSA) is 79.4 Å². The van der Waals surface area contributed by atoms with E-state index in [1.165, 1.54) is 34.1 Å². The first kappa shape index (κ1) is 25.8. The summed E-state index contributed by atoms with van der Waals surface area (Å²) in [5, 5.41) is 3.80. The van der Waals surface area contributed by atoms with Gasteiger partial charge in [-0.15, -0.1) is 11.3 Å². The average Bonchev–Trinajstić information content (AvgIpc) is 3.36. The predicted molar refractivity (Wildman–Crippen MR) is 154 cm³/mol. The molecule has 0 fully saturated rings. The van der Waals surface area contributed by atoms with Crippen LogP contribution in [0, 0.1) is 6.92 Å². The van der Waals surface area contributed by atoms with E-state index in [0.29, 0.717) is 17.8 Å². The first-order valence-corrected chi connectivity index (χ1v) is 14.5. The van der Waals surface area contributed by atoms with Crippen LogP contribution in [0.2, 0.25) is 0 Å². The number of amides is 1. The normalized spacial score (nSPS) is 11.7. The second kappa shape index (κ2) is 10.9. The Labute approximate surface area is 226 Å². The number of fused-ring (bicyclic) bond motifs is 1. The Morgan fingerprint density at radius 2 is 1.63 bits per heavy atom. The summed E-state index contributed by atoms with van der Waals surface area (Å²) in [6, 6.07) is 29.3. The molecule has 6 nitrogen and oxygen atoms in total. The summed E-state index contributed by atoms with van der Waals surface area (Å²) in [6.45, 7) is 4.50. The van der Waals surface area contributed by atoms with Gasteiger partial charge in [0.25, 0.3) is 5.91 Å². The molecule has 0 aliphatic rings. The lowest BCUT2D eigenvalue weighted by molar-refractivity contribution is 0.102. The predicted octanol–water partition coefficient (Wildman–Crippen LogP) is 6.73. The van der Waals surface area contributed by atoms with E-state index in [4.69, 9.17) is 4.98 Å². The van der Waals surface area contributed by atoms with Crippen LogP contribution < -0.4 is 5.32 Å². The van der Waals surface area contributed by atoms with Crippen molar-refractivity contribution in [3.8, 4) is 10.6 Å². The molecule has 38 heavy (non-hydrogen) atoms. The van der Waals surface area contributed by atoms with Gasteiger partial charge in [0.2, 0.25) is 10.0 Å². The molecule has 192 valence electrons. The van der Waals surface area contributed by atoms with Gasteiger partial charge in [0.1, 0.15) is 5.01 Å². The molecule has 0 saturated carbocycles. The smallest absolute Gasteiger partial charge is 0.255 e. The van der Waals surface area contributed by atoms with Crippen molar-refractivity contribution in [2.45, 2.75) is 25.3 Å². The molecular weight excluding hydrogens is 514 g/mol. The molecule has 8 heteroatoms. The van der Waals surface area contributed by atoms with Crippen LogP contribution in [0.15, 0.2) is 102 Å². The number of benzene rings is 4. The average molecular weight is 542 g/mol. The minimum Gasteiger partial charge on any atom is -0.322 e. The molecule has 1 aromatic heterocycles. The lowest BCUT2D eigenvalue weighted by Gasteiger charge is -2.20. The van der Waals surface area contributed by atoms with Gasteiger partial charge in [0.05, 0.1) is 15.1 Å². The summed E-state index contributed by atoms with van der Waals surface area (Å²) < 4.78 is 28.9. The highest BCUT2D eigenvalue weighted by molar-refractivity contribution is 7.89. The van der Waals surface area contributed by atoms with Gasteiger partial charge >= 0.3 is 0 Å². The van der Waals surface area contributed by atoms with Crippen molar-refractivity contribution in [1.82, 2.24) is 9.29 Å². The molecule has 0 atom stereocenters. The molecule has 5 aromatic rings. The van der Waals surface area contributed by atoms with Crippen LogP contribution in [0.4, 0.5) is 5.69 Å². The zero-order chi connectivity index (χ0) is 26.7. The Bertz CT molecular complexity index is 1680. The summed E-state index contributed by atoms with van der Waals surface area (Å²) in [5.74, 6) is -0.311. The molecule has 1 heterocycles. The third kappa shape index (κ3) is 5.52. The fourth-order valence-electron chi connectivity index (χ4n) is 4.14. The summed E-state index contributed by atoms with van der Waals surface area (Å²) >= 11 is 1.64. The fraction of sp³-hybridized carbons (Fsp3) is 0.133. The van der Waals surface area contributed by atoms with E-state index >= 15 is 0 Å². The number of aryl methyl sites for hydroxylation is 1. The number of hydrogen-bond donors (Lipinski definition) is 1. The molecule has 0 aliphatic carbocycles. The Hall–Kier alpha value is -3.85. The minimum atomic E-state index is -3.70. The number of rotatable bonds is 8. The Morgan fingerprint density at radius 1 is 0.921 bits per heavy atom. The highest BCUT2D eigenvalue weighted by Gasteiger charge is 2.23. The summed E-state index contributed by atoms with van der Waals surface area (Å²) in [6.07, 6.45) is 0. The number of carbonyl (C=O) groups is 1.